The summed E-state index contributed by atoms with van der Waals surface area (Å²) in [5.74, 6) is 1.33. The minimum absolute atomic E-state index is 0.000324. The van der Waals surface area contributed by atoms with Crippen LogP contribution in [0.1, 0.15) is 18.2 Å². The summed E-state index contributed by atoms with van der Waals surface area (Å²) in [6.07, 6.45) is 1.47. The van der Waals surface area contributed by atoms with E-state index >= 15 is 0 Å². The first-order chi connectivity index (χ1) is 12.7. The van der Waals surface area contributed by atoms with E-state index in [0.717, 1.165) is 0 Å². The number of alkyl halides is 2. The van der Waals surface area contributed by atoms with Gasteiger partial charge in [0.25, 0.3) is 0 Å². The molecule has 1 aromatic carbocycles. The molecule has 0 amide bonds. The summed E-state index contributed by atoms with van der Waals surface area (Å²) < 4.78 is 45.2. The van der Waals surface area contributed by atoms with E-state index in [0.29, 0.717) is 41.8 Å². The molecule has 0 atom stereocenters. The maximum atomic E-state index is 12.7. The van der Waals surface area contributed by atoms with Gasteiger partial charge in [-0.2, -0.15) is 8.78 Å². The summed E-state index contributed by atoms with van der Waals surface area (Å²) in [4.78, 5) is 4.39. The Balaban J connectivity index is 1.75. The van der Waals surface area contributed by atoms with Gasteiger partial charge in [-0.1, -0.05) is 5.16 Å². The summed E-state index contributed by atoms with van der Waals surface area (Å²) in [6.45, 7) is 0.150. The summed E-state index contributed by atoms with van der Waals surface area (Å²) in [6, 6.07) is 4.70. The molecule has 26 heavy (non-hydrogen) atoms. The Labute approximate surface area is 148 Å². The lowest BCUT2D eigenvalue weighted by Gasteiger charge is -2.13. The Morgan fingerprint density at radius 2 is 2.12 bits per heavy atom. The second kappa shape index (κ2) is 8.37. The van der Waals surface area contributed by atoms with Crippen LogP contribution in [-0.4, -0.2) is 31.1 Å². The van der Waals surface area contributed by atoms with Crippen molar-refractivity contribution in [1.82, 2.24) is 15.8 Å². The summed E-state index contributed by atoms with van der Waals surface area (Å²) in [5, 5.41) is 9.94. The Kier molecular flexibility index (Phi) is 5.72. The minimum atomic E-state index is -2.95. The van der Waals surface area contributed by atoms with Gasteiger partial charge in [0, 0.05) is 24.2 Å². The highest BCUT2D eigenvalue weighted by Crippen LogP contribution is 2.38. The molecule has 0 bridgehead atoms. The Hall–Kier alpha value is -3.04. The minimum Gasteiger partial charge on any atom is -0.454 e. The molecular formula is C16H18F2N4O4. The molecule has 0 saturated heterocycles. The molecule has 0 unspecified atom stereocenters. The van der Waals surface area contributed by atoms with Crippen LogP contribution in [0, 0.1) is 0 Å². The van der Waals surface area contributed by atoms with Gasteiger partial charge in [0.2, 0.25) is 6.79 Å². The van der Waals surface area contributed by atoms with Crippen molar-refractivity contribution in [2.75, 3.05) is 13.3 Å². The average molecular weight is 368 g/mol. The molecule has 0 saturated carbocycles. The van der Waals surface area contributed by atoms with Crippen molar-refractivity contribution in [3.05, 3.63) is 35.7 Å². The number of aliphatic imine (C=N–C) groups is 1. The second-order valence-corrected chi connectivity index (χ2v) is 5.23. The topological polar surface area (TPSA) is 90.1 Å². The normalized spacial score (nSPS) is 13.2. The molecule has 0 radical (unpaired) electrons. The van der Waals surface area contributed by atoms with Gasteiger partial charge in [0.05, 0.1) is 13.1 Å². The van der Waals surface area contributed by atoms with Crippen molar-refractivity contribution >= 4 is 5.96 Å². The smallest absolute Gasteiger partial charge is 0.387 e. The van der Waals surface area contributed by atoms with Crippen LogP contribution in [0.3, 0.4) is 0 Å². The maximum absolute atomic E-state index is 12.7. The Bertz CT molecular complexity index is 753. The van der Waals surface area contributed by atoms with E-state index in [4.69, 9.17) is 14.0 Å². The number of halogens is 2. The highest BCUT2D eigenvalue weighted by atomic mass is 19.3. The molecule has 0 aliphatic carbocycles. The van der Waals surface area contributed by atoms with E-state index in [1.54, 1.807) is 12.1 Å². The Morgan fingerprint density at radius 3 is 2.81 bits per heavy atom. The Morgan fingerprint density at radius 1 is 1.31 bits per heavy atom. The van der Waals surface area contributed by atoms with Crippen LogP contribution in [0.2, 0.25) is 0 Å². The van der Waals surface area contributed by atoms with Gasteiger partial charge in [-0.05, 0) is 13.0 Å². The highest BCUT2D eigenvalue weighted by molar-refractivity contribution is 5.79. The van der Waals surface area contributed by atoms with Crippen LogP contribution in [0.5, 0.6) is 17.2 Å². The van der Waals surface area contributed by atoms with Crippen LogP contribution in [0.25, 0.3) is 0 Å². The highest BCUT2D eigenvalue weighted by Gasteiger charge is 2.20. The average Bonchev–Trinajstić information content (AvgIpc) is 3.27. The number of rotatable bonds is 7. The quantitative estimate of drug-likeness (QED) is 0.572. The standard InChI is InChI=1S/C16H18F2N4O4/c1-2-19-16(21-8-11-3-4-25-22-11)20-7-10-5-13-14(24-9-23-13)6-12(10)26-15(17)18/h3-6,15H,2,7-9H2,1H3,(H2,19,20,21). The van der Waals surface area contributed by atoms with Crippen molar-refractivity contribution in [3.63, 3.8) is 0 Å². The predicted molar refractivity (Wildman–Crippen MR) is 87.4 cm³/mol. The van der Waals surface area contributed by atoms with Crippen molar-refractivity contribution in [2.45, 2.75) is 26.6 Å². The molecule has 8 nitrogen and oxygen atoms in total. The molecule has 1 aromatic heterocycles. The predicted octanol–water partition coefficient (Wildman–Crippen LogP) is 2.26. The zero-order valence-corrected chi connectivity index (χ0v) is 14.0. The largest absolute Gasteiger partial charge is 0.454 e. The van der Waals surface area contributed by atoms with E-state index in [-0.39, 0.29) is 19.1 Å². The first-order valence-electron chi connectivity index (χ1n) is 7.94. The summed E-state index contributed by atoms with van der Waals surface area (Å²) in [5.41, 5.74) is 1.16. The van der Waals surface area contributed by atoms with Crippen LogP contribution in [-0.2, 0) is 13.1 Å². The van der Waals surface area contributed by atoms with Gasteiger partial charge < -0.3 is 29.4 Å². The number of nitrogens with zero attached hydrogens (tertiary/aromatic N) is 2. The van der Waals surface area contributed by atoms with E-state index in [2.05, 4.69) is 25.5 Å². The molecule has 1 aliphatic rings. The molecule has 2 heterocycles. The molecule has 1 aliphatic heterocycles. The van der Waals surface area contributed by atoms with Crippen LogP contribution < -0.4 is 24.8 Å². The SMILES string of the molecule is CCNC(=NCc1cc2c(cc1OC(F)F)OCO2)NCc1ccon1. The van der Waals surface area contributed by atoms with Crippen molar-refractivity contribution in [2.24, 2.45) is 4.99 Å². The van der Waals surface area contributed by atoms with Gasteiger partial charge in [-0.3, -0.25) is 0 Å². The van der Waals surface area contributed by atoms with Gasteiger partial charge in [0.15, 0.2) is 17.5 Å². The number of guanidine groups is 1. The molecule has 2 aromatic rings. The molecule has 0 spiro atoms. The third-order valence-electron chi connectivity index (χ3n) is 3.45. The van der Waals surface area contributed by atoms with Crippen LogP contribution >= 0.6 is 0 Å². The number of fused-ring (bicyclic) bond motifs is 1. The number of benzene rings is 1. The van der Waals surface area contributed by atoms with E-state index in [9.17, 15) is 8.78 Å². The number of aromatic nitrogens is 1. The van der Waals surface area contributed by atoms with Crippen LogP contribution in [0.15, 0.2) is 34.0 Å². The molecular weight excluding hydrogens is 350 g/mol. The third kappa shape index (κ3) is 4.52. The molecule has 3 rings (SSSR count). The second-order valence-electron chi connectivity index (χ2n) is 5.23. The number of hydrogen-bond acceptors (Lipinski definition) is 6. The van der Waals surface area contributed by atoms with E-state index in [1.165, 1.54) is 12.3 Å². The number of ether oxygens (including phenoxy) is 3. The first kappa shape index (κ1) is 17.8. The number of nitrogens with one attached hydrogen (secondary N) is 2. The molecule has 140 valence electrons. The fourth-order valence-electron chi connectivity index (χ4n) is 2.30. The monoisotopic (exact) mass is 368 g/mol. The van der Waals surface area contributed by atoms with Gasteiger partial charge in [-0.15, -0.1) is 0 Å². The first-order valence-corrected chi connectivity index (χ1v) is 7.94. The summed E-state index contributed by atoms with van der Waals surface area (Å²) >= 11 is 0. The van der Waals surface area contributed by atoms with Gasteiger partial charge in [0.1, 0.15) is 17.7 Å². The zero-order valence-electron chi connectivity index (χ0n) is 14.0. The zero-order chi connectivity index (χ0) is 18.4. The maximum Gasteiger partial charge on any atom is 0.387 e. The lowest BCUT2D eigenvalue weighted by atomic mass is 10.1. The molecule has 2 N–H and O–H groups in total. The summed E-state index contributed by atoms with van der Waals surface area (Å²) in [7, 11) is 0. The fourth-order valence-corrected chi connectivity index (χ4v) is 2.30. The fraction of sp³-hybridized carbons (Fsp3) is 0.375. The molecule has 0 fully saturated rings. The third-order valence-corrected chi connectivity index (χ3v) is 3.45. The van der Waals surface area contributed by atoms with Gasteiger partial charge >= 0.3 is 6.61 Å². The lowest BCUT2D eigenvalue weighted by Crippen LogP contribution is -2.36. The van der Waals surface area contributed by atoms with Crippen molar-refractivity contribution < 1.29 is 27.5 Å². The van der Waals surface area contributed by atoms with E-state index < -0.39 is 6.61 Å². The molecule has 10 heteroatoms. The number of hydrogen-bond donors (Lipinski definition) is 2. The van der Waals surface area contributed by atoms with Crippen molar-refractivity contribution in [1.29, 1.82) is 0 Å². The van der Waals surface area contributed by atoms with Crippen molar-refractivity contribution in [3.8, 4) is 17.2 Å². The van der Waals surface area contributed by atoms with Crippen LogP contribution in [0.4, 0.5) is 8.78 Å². The van der Waals surface area contributed by atoms with E-state index in [1.807, 2.05) is 6.92 Å². The van der Waals surface area contributed by atoms with Gasteiger partial charge in [-0.25, -0.2) is 4.99 Å². The lowest BCUT2D eigenvalue weighted by molar-refractivity contribution is -0.0505.